The molecule has 0 radical (unpaired) electrons. The SMILES string of the molecule is S=c1[nH]nc(C2CCCCCC2)n1-c1ccccc1. The molecular weight excluding hydrogens is 254 g/mol. The maximum Gasteiger partial charge on any atom is 0.199 e. The van der Waals surface area contributed by atoms with Gasteiger partial charge in [0.2, 0.25) is 0 Å². The summed E-state index contributed by atoms with van der Waals surface area (Å²) >= 11 is 5.40. The van der Waals surface area contributed by atoms with Crippen molar-refractivity contribution in [1.82, 2.24) is 14.8 Å². The zero-order valence-corrected chi connectivity index (χ0v) is 11.8. The standard InChI is InChI=1S/C15H19N3S/c19-15-17-16-14(12-8-4-1-2-5-9-12)18(15)13-10-6-3-7-11-13/h3,6-7,10-12H,1-2,4-5,8-9H2,(H,17,19). The molecule has 1 aromatic carbocycles. The summed E-state index contributed by atoms with van der Waals surface area (Å²) in [4.78, 5) is 0. The van der Waals surface area contributed by atoms with Crippen molar-refractivity contribution in [2.45, 2.75) is 44.4 Å². The van der Waals surface area contributed by atoms with Crippen molar-refractivity contribution in [2.75, 3.05) is 0 Å². The maximum absolute atomic E-state index is 5.40. The second kappa shape index (κ2) is 5.70. The molecule has 1 aromatic heterocycles. The molecule has 0 atom stereocenters. The van der Waals surface area contributed by atoms with Crippen LogP contribution >= 0.6 is 12.2 Å². The molecule has 0 saturated heterocycles. The molecule has 4 heteroatoms. The van der Waals surface area contributed by atoms with Crippen molar-refractivity contribution in [3.8, 4) is 5.69 Å². The highest BCUT2D eigenvalue weighted by molar-refractivity contribution is 7.71. The Morgan fingerprint density at radius 3 is 2.42 bits per heavy atom. The zero-order valence-electron chi connectivity index (χ0n) is 11.0. The number of hydrogen-bond donors (Lipinski definition) is 1. The van der Waals surface area contributed by atoms with Crippen LogP contribution in [0.15, 0.2) is 30.3 Å². The molecule has 0 unspecified atom stereocenters. The maximum atomic E-state index is 5.40. The number of nitrogens with one attached hydrogen (secondary N) is 1. The summed E-state index contributed by atoms with van der Waals surface area (Å²) in [5, 5.41) is 7.47. The van der Waals surface area contributed by atoms with Crippen molar-refractivity contribution >= 4 is 12.2 Å². The van der Waals surface area contributed by atoms with Gasteiger partial charge in [-0.3, -0.25) is 9.67 Å². The lowest BCUT2D eigenvalue weighted by Gasteiger charge is -2.15. The third kappa shape index (κ3) is 2.63. The third-order valence-electron chi connectivity index (χ3n) is 3.93. The van der Waals surface area contributed by atoms with E-state index in [9.17, 15) is 0 Å². The van der Waals surface area contributed by atoms with E-state index in [1.807, 2.05) is 18.2 Å². The van der Waals surface area contributed by atoms with Gasteiger partial charge in [0.05, 0.1) is 0 Å². The molecule has 3 nitrogen and oxygen atoms in total. The number of aromatic amines is 1. The minimum Gasteiger partial charge on any atom is -0.272 e. The minimum absolute atomic E-state index is 0.538. The molecule has 2 aromatic rings. The summed E-state index contributed by atoms with van der Waals surface area (Å²) in [6.07, 6.45) is 7.77. The average Bonchev–Trinajstić information content (AvgIpc) is 2.67. The molecular formula is C15H19N3S. The number of aromatic nitrogens is 3. The zero-order chi connectivity index (χ0) is 13.1. The van der Waals surface area contributed by atoms with Crippen LogP contribution in [0.25, 0.3) is 5.69 Å². The van der Waals surface area contributed by atoms with E-state index in [1.54, 1.807) is 0 Å². The quantitative estimate of drug-likeness (QED) is 0.651. The number of para-hydroxylation sites is 1. The molecule has 0 amide bonds. The molecule has 100 valence electrons. The minimum atomic E-state index is 0.538. The van der Waals surface area contributed by atoms with Gasteiger partial charge in [0.15, 0.2) is 4.77 Å². The van der Waals surface area contributed by atoms with Gasteiger partial charge in [-0.05, 0) is 37.2 Å². The van der Waals surface area contributed by atoms with Gasteiger partial charge < -0.3 is 0 Å². The van der Waals surface area contributed by atoms with Gasteiger partial charge in [-0.2, -0.15) is 5.10 Å². The van der Waals surface area contributed by atoms with Crippen molar-refractivity contribution < 1.29 is 0 Å². The Hall–Kier alpha value is -1.42. The topological polar surface area (TPSA) is 33.6 Å². The first kappa shape index (κ1) is 12.6. The van der Waals surface area contributed by atoms with E-state index < -0.39 is 0 Å². The average molecular weight is 273 g/mol. The van der Waals surface area contributed by atoms with E-state index in [1.165, 1.54) is 38.5 Å². The summed E-state index contributed by atoms with van der Waals surface area (Å²) in [6, 6.07) is 10.3. The molecule has 1 saturated carbocycles. The fourth-order valence-corrected chi connectivity index (χ4v) is 3.19. The molecule has 1 heterocycles. The second-order valence-electron chi connectivity index (χ2n) is 5.25. The van der Waals surface area contributed by atoms with Crippen molar-refractivity contribution in [1.29, 1.82) is 0 Å². The Bertz CT molecular complexity index is 577. The Kier molecular flexibility index (Phi) is 3.78. The summed E-state index contributed by atoms with van der Waals surface area (Å²) in [5.41, 5.74) is 1.11. The normalized spacial score (nSPS) is 17.3. The number of rotatable bonds is 2. The smallest absolute Gasteiger partial charge is 0.199 e. The van der Waals surface area contributed by atoms with Gasteiger partial charge in [0, 0.05) is 11.6 Å². The van der Waals surface area contributed by atoms with Gasteiger partial charge in [-0.15, -0.1) is 0 Å². The molecule has 0 spiro atoms. The largest absolute Gasteiger partial charge is 0.272 e. The Morgan fingerprint density at radius 1 is 1.05 bits per heavy atom. The summed E-state index contributed by atoms with van der Waals surface area (Å²) in [7, 11) is 0. The fraction of sp³-hybridized carbons (Fsp3) is 0.467. The molecule has 1 fully saturated rings. The lowest BCUT2D eigenvalue weighted by atomic mass is 9.99. The summed E-state index contributed by atoms with van der Waals surface area (Å²) < 4.78 is 2.80. The van der Waals surface area contributed by atoms with Gasteiger partial charge in [0.1, 0.15) is 5.82 Å². The molecule has 0 bridgehead atoms. The molecule has 0 aliphatic heterocycles. The predicted molar refractivity (Wildman–Crippen MR) is 79.2 cm³/mol. The van der Waals surface area contributed by atoms with E-state index in [2.05, 4.69) is 26.9 Å². The van der Waals surface area contributed by atoms with Crippen LogP contribution in [-0.2, 0) is 0 Å². The highest BCUT2D eigenvalue weighted by Crippen LogP contribution is 2.31. The van der Waals surface area contributed by atoms with Gasteiger partial charge >= 0.3 is 0 Å². The third-order valence-corrected chi connectivity index (χ3v) is 4.21. The van der Waals surface area contributed by atoms with Gasteiger partial charge in [-0.1, -0.05) is 43.9 Å². The van der Waals surface area contributed by atoms with E-state index in [-0.39, 0.29) is 0 Å². The number of benzene rings is 1. The first-order valence-corrected chi connectivity index (χ1v) is 7.50. The first-order valence-electron chi connectivity index (χ1n) is 7.09. The molecule has 1 N–H and O–H groups in total. The summed E-state index contributed by atoms with van der Waals surface area (Å²) in [5.74, 6) is 1.65. The fourth-order valence-electron chi connectivity index (χ4n) is 2.95. The van der Waals surface area contributed by atoms with Gasteiger partial charge in [0.25, 0.3) is 0 Å². The predicted octanol–water partition coefficient (Wildman–Crippen LogP) is 4.37. The van der Waals surface area contributed by atoms with Crippen molar-refractivity contribution in [3.05, 3.63) is 40.9 Å². The number of nitrogens with zero attached hydrogens (tertiary/aromatic N) is 2. The van der Waals surface area contributed by atoms with Crippen LogP contribution in [0.5, 0.6) is 0 Å². The van der Waals surface area contributed by atoms with E-state index in [0.717, 1.165) is 11.5 Å². The lowest BCUT2D eigenvalue weighted by Crippen LogP contribution is -2.07. The van der Waals surface area contributed by atoms with Crippen LogP contribution < -0.4 is 0 Å². The number of H-pyrrole nitrogens is 1. The first-order chi connectivity index (χ1) is 9.36. The highest BCUT2D eigenvalue weighted by Gasteiger charge is 2.20. The second-order valence-corrected chi connectivity index (χ2v) is 5.63. The van der Waals surface area contributed by atoms with Crippen LogP contribution in [0, 0.1) is 4.77 Å². The Morgan fingerprint density at radius 2 is 1.74 bits per heavy atom. The molecule has 3 rings (SSSR count). The lowest BCUT2D eigenvalue weighted by molar-refractivity contribution is 0.550. The molecule has 19 heavy (non-hydrogen) atoms. The van der Waals surface area contributed by atoms with E-state index >= 15 is 0 Å². The molecule has 1 aliphatic carbocycles. The Balaban J connectivity index is 2.01. The molecule has 1 aliphatic rings. The van der Waals surface area contributed by atoms with Crippen LogP contribution in [0.2, 0.25) is 0 Å². The van der Waals surface area contributed by atoms with Crippen molar-refractivity contribution in [3.63, 3.8) is 0 Å². The van der Waals surface area contributed by atoms with Crippen LogP contribution in [-0.4, -0.2) is 14.8 Å². The van der Waals surface area contributed by atoms with Crippen LogP contribution in [0.1, 0.15) is 50.3 Å². The summed E-state index contributed by atoms with van der Waals surface area (Å²) in [6.45, 7) is 0. The van der Waals surface area contributed by atoms with E-state index in [4.69, 9.17) is 12.2 Å². The van der Waals surface area contributed by atoms with Gasteiger partial charge in [-0.25, -0.2) is 0 Å². The van der Waals surface area contributed by atoms with Crippen LogP contribution in [0.3, 0.4) is 0 Å². The Labute approximate surface area is 118 Å². The van der Waals surface area contributed by atoms with Crippen LogP contribution in [0.4, 0.5) is 0 Å². The van der Waals surface area contributed by atoms with Crippen molar-refractivity contribution in [2.24, 2.45) is 0 Å². The highest BCUT2D eigenvalue weighted by atomic mass is 32.1. The monoisotopic (exact) mass is 273 g/mol. The van der Waals surface area contributed by atoms with E-state index in [0.29, 0.717) is 10.7 Å². The number of hydrogen-bond acceptors (Lipinski definition) is 2.